The van der Waals surface area contributed by atoms with Crippen LogP contribution in [0.1, 0.15) is 25.3 Å². The van der Waals surface area contributed by atoms with Crippen molar-refractivity contribution in [2.24, 2.45) is 0 Å². The number of piperidine rings is 1. The number of aliphatic hydroxyl groups excluding tert-OH is 1. The molecule has 0 unspecified atom stereocenters. The average Bonchev–Trinajstić information content (AvgIpc) is 2.54. The smallest absolute Gasteiger partial charge is 0.147 e. The van der Waals surface area contributed by atoms with Gasteiger partial charge in [-0.25, -0.2) is 4.98 Å². The first-order valence-corrected chi connectivity index (χ1v) is 7.62. The number of nitrogens with zero attached hydrogens (tertiary/aromatic N) is 3. The van der Waals surface area contributed by atoms with E-state index in [0.29, 0.717) is 24.5 Å². The predicted molar refractivity (Wildman–Crippen MR) is 85.1 cm³/mol. The molecule has 1 saturated heterocycles. The van der Waals surface area contributed by atoms with Crippen LogP contribution >= 0.6 is 0 Å². The van der Waals surface area contributed by atoms with Gasteiger partial charge in [-0.05, 0) is 44.0 Å². The molecule has 0 spiro atoms. The van der Waals surface area contributed by atoms with E-state index in [1.54, 1.807) is 0 Å². The van der Waals surface area contributed by atoms with Crippen molar-refractivity contribution < 1.29 is 9.84 Å². The first-order chi connectivity index (χ1) is 10.7. The second-order valence-corrected chi connectivity index (χ2v) is 5.50. The molecule has 0 radical (unpaired) electrons. The molecule has 22 heavy (non-hydrogen) atoms. The van der Waals surface area contributed by atoms with E-state index in [2.05, 4.69) is 11.1 Å². The lowest BCUT2D eigenvalue weighted by Crippen LogP contribution is -2.39. The maximum Gasteiger partial charge on any atom is 0.147 e. The van der Waals surface area contributed by atoms with Crippen molar-refractivity contribution in [1.82, 2.24) is 4.98 Å². The minimum absolute atomic E-state index is 0.349. The fraction of sp³-hybridized carbons (Fsp3) is 0.412. The summed E-state index contributed by atoms with van der Waals surface area (Å²) >= 11 is 0. The summed E-state index contributed by atoms with van der Waals surface area (Å²) in [6.07, 6.45) is 1.37. The van der Waals surface area contributed by atoms with Gasteiger partial charge in [-0.2, -0.15) is 5.26 Å². The second kappa shape index (κ2) is 6.20. The van der Waals surface area contributed by atoms with Crippen molar-refractivity contribution in [2.45, 2.75) is 25.9 Å². The van der Waals surface area contributed by atoms with E-state index in [9.17, 15) is 10.4 Å². The van der Waals surface area contributed by atoms with E-state index in [-0.39, 0.29) is 6.10 Å². The molecular weight excluding hydrogens is 278 g/mol. The Morgan fingerprint density at radius 1 is 1.45 bits per heavy atom. The zero-order valence-electron chi connectivity index (χ0n) is 12.6. The van der Waals surface area contributed by atoms with Crippen molar-refractivity contribution in [1.29, 1.82) is 5.26 Å². The van der Waals surface area contributed by atoms with Crippen LogP contribution in [0.15, 0.2) is 24.3 Å². The van der Waals surface area contributed by atoms with Crippen LogP contribution in [-0.2, 0) is 0 Å². The van der Waals surface area contributed by atoms with Gasteiger partial charge >= 0.3 is 0 Å². The lowest BCUT2D eigenvalue weighted by atomic mass is 10.1. The number of rotatable bonds is 3. The molecule has 1 atom stereocenters. The first-order valence-electron chi connectivity index (χ1n) is 7.62. The molecule has 3 rings (SSSR count). The molecule has 1 aliphatic rings. The molecule has 2 aromatic rings. The Morgan fingerprint density at radius 3 is 3.05 bits per heavy atom. The van der Waals surface area contributed by atoms with Gasteiger partial charge in [-0.15, -0.1) is 0 Å². The van der Waals surface area contributed by atoms with Gasteiger partial charge in [-0.1, -0.05) is 0 Å². The highest BCUT2D eigenvalue weighted by Crippen LogP contribution is 2.28. The van der Waals surface area contributed by atoms with Gasteiger partial charge in [0.15, 0.2) is 0 Å². The Bertz CT molecular complexity index is 724. The molecule has 5 nitrogen and oxygen atoms in total. The Labute approximate surface area is 129 Å². The average molecular weight is 297 g/mol. The van der Waals surface area contributed by atoms with Crippen molar-refractivity contribution in [3.8, 4) is 11.8 Å². The number of fused-ring (bicyclic) bond motifs is 1. The number of nitriles is 1. The summed E-state index contributed by atoms with van der Waals surface area (Å²) in [6.45, 7) is 3.90. The van der Waals surface area contributed by atoms with Crippen LogP contribution in [0.2, 0.25) is 0 Å². The molecule has 1 aromatic heterocycles. The van der Waals surface area contributed by atoms with E-state index >= 15 is 0 Å². The Morgan fingerprint density at radius 2 is 2.32 bits per heavy atom. The fourth-order valence-corrected chi connectivity index (χ4v) is 2.87. The number of pyridine rings is 1. The molecule has 2 heterocycles. The molecule has 1 aliphatic heterocycles. The number of β-amino-alcohol motifs (C(OH)–C–C–N with tert-alkyl or cyclic N) is 1. The van der Waals surface area contributed by atoms with Crippen molar-refractivity contribution >= 4 is 16.7 Å². The van der Waals surface area contributed by atoms with Crippen LogP contribution in [0.3, 0.4) is 0 Å². The van der Waals surface area contributed by atoms with Gasteiger partial charge in [-0.3, -0.25) is 0 Å². The van der Waals surface area contributed by atoms with E-state index < -0.39 is 0 Å². The van der Waals surface area contributed by atoms with Crippen LogP contribution in [0, 0.1) is 11.3 Å². The monoisotopic (exact) mass is 297 g/mol. The lowest BCUT2D eigenvalue weighted by Gasteiger charge is -2.31. The van der Waals surface area contributed by atoms with Crippen LogP contribution in [-0.4, -0.2) is 35.9 Å². The molecule has 0 saturated carbocycles. The molecule has 1 fully saturated rings. The zero-order valence-corrected chi connectivity index (χ0v) is 12.6. The summed E-state index contributed by atoms with van der Waals surface area (Å²) in [5.74, 6) is 1.44. The summed E-state index contributed by atoms with van der Waals surface area (Å²) in [4.78, 5) is 6.64. The number of hydrogen-bond donors (Lipinski definition) is 1. The summed E-state index contributed by atoms with van der Waals surface area (Å²) in [5, 5.41) is 20.2. The van der Waals surface area contributed by atoms with E-state index in [4.69, 9.17) is 4.74 Å². The molecule has 0 amide bonds. The van der Waals surface area contributed by atoms with Crippen molar-refractivity contribution in [3.05, 3.63) is 29.8 Å². The third-order valence-electron chi connectivity index (χ3n) is 3.89. The SMILES string of the molecule is CCOc1ccc2nc(N3CCC[C@@H](O)C3)c(C#N)cc2c1. The topological polar surface area (TPSA) is 69.4 Å². The number of hydrogen-bond acceptors (Lipinski definition) is 5. The number of benzene rings is 1. The predicted octanol–water partition coefficient (Wildman–Crippen LogP) is 2.47. The van der Waals surface area contributed by atoms with Gasteiger partial charge in [0.1, 0.15) is 17.6 Å². The minimum Gasteiger partial charge on any atom is -0.494 e. The largest absolute Gasteiger partial charge is 0.494 e. The van der Waals surface area contributed by atoms with Gasteiger partial charge in [0, 0.05) is 18.5 Å². The normalized spacial score (nSPS) is 18.2. The quantitative estimate of drug-likeness (QED) is 0.942. The van der Waals surface area contributed by atoms with Crippen LogP contribution in [0.4, 0.5) is 5.82 Å². The van der Waals surface area contributed by atoms with E-state index in [1.807, 2.05) is 36.1 Å². The molecule has 0 bridgehead atoms. The number of ether oxygens (including phenoxy) is 1. The molecule has 0 aliphatic carbocycles. The minimum atomic E-state index is -0.349. The second-order valence-electron chi connectivity index (χ2n) is 5.50. The van der Waals surface area contributed by atoms with Gasteiger partial charge in [0.05, 0.1) is 23.8 Å². The summed E-state index contributed by atoms with van der Waals surface area (Å²) < 4.78 is 5.49. The lowest BCUT2D eigenvalue weighted by molar-refractivity contribution is 0.154. The first kappa shape index (κ1) is 14.6. The van der Waals surface area contributed by atoms with Crippen molar-refractivity contribution in [2.75, 3.05) is 24.6 Å². The molecule has 1 N–H and O–H groups in total. The maximum atomic E-state index is 9.84. The third-order valence-corrected chi connectivity index (χ3v) is 3.89. The fourth-order valence-electron chi connectivity index (χ4n) is 2.87. The number of anilines is 1. The van der Waals surface area contributed by atoms with Gasteiger partial charge in [0.2, 0.25) is 0 Å². The molecular formula is C17H19N3O2. The number of aliphatic hydroxyl groups is 1. The zero-order chi connectivity index (χ0) is 15.5. The standard InChI is InChI=1S/C17H19N3O2/c1-2-22-15-5-6-16-12(9-15)8-13(10-18)17(19-16)20-7-3-4-14(21)11-20/h5-6,8-9,14,21H,2-4,7,11H2,1H3/t14-/m1/s1. The van der Waals surface area contributed by atoms with E-state index in [0.717, 1.165) is 36.0 Å². The summed E-state index contributed by atoms with van der Waals surface area (Å²) in [5.41, 5.74) is 1.37. The van der Waals surface area contributed by atoms with E-state index in [1.165, 1.54) is 0 Å². The highest BCUT2D eigenvalue weighted by molar-refractivity contribution is 5.84. The van der Waals surface area contributed by atoms with Gasteiger partial charge < -0.3 is 14.7 Å². The Kier molecular flexibility index (Phi) is 4.12. The van der Waals surface area contributed by atoms with Gasteiger partial charge in [0.25, 0.3) is 0 Å². The summed E-state index contributed by atoms with van der Waals surface area (Å²) in [7, 11) is 0. The highest BCUT2D eigenvalue weighted by atomic mass is 16.5. The summed E-state index contributed by atoms with van der Waals surface area (Å²) in [6, 6.07) is 9.77. The Balaban J connectivity index is 2.03. The Hall–Kier alpha value is -2.32. The third kappa shape index (κ3) is 2.83. The van der Waals surface area contributed by atoms with Crippen molar-refractivity contribution in [3.63, 3.8) is 0 Å². The number of aromatic nitrogens is 1. The highest BCUT2D eigenvalue weighted by Gasteiger charge is 2.21. The van der Waals surface area contributed by atoms with Crippen LogP contribution < -0.4 is 9.64 Å². The van der Waals surface area contributed by atoms with Crippen LogP contribution in [0.25, 0.3) is 10.9 Å². The molecule has 5 heteroatoms. The molecule has 1 aromatic carbocycles. The maximum absolute atomic E-state index is 9.84. The van der Waals surface area contributed by atoms with Crippen LogP contribution in [0.5, 0.6) is 5.75 Å². The molecule has 114 valence electrons.